The van der Waals surface area contributed by atoms with Gasteiger partial charge in [-0.2, -0.15) is 0 Å². The molecule has 46 valence electrons. The lowest BCUT2D eigenvalue weighted by Crippen LogP contribution is -2.22. The Balaban J connectivity index is 3.49. The van der Waals surface area contributed by atoms with Crippen molar-refractivity contribution in [3.63, 3.8) is 0 Å². The molecule has 2 heteroatoms. The van der Waals surface area contributed by atoms with Crippen LogP contribution in [0, 0.1) is 12.3 Å². The van der Waals surface area contributed by atoms with Gasteiger partial charge in [0.25, 0.3) is 0 Å². The molecule has 0 heterocycles. The van der Waals surface area contributed by atoms with E-state index in [1.165, 1.54) is 0 Å². The first kappa shape index (κ1) is 7.48. The van der Waals surface area contributed by atoms with Gasteiger partial charge in [-0.1, -0.05) is 12.8 Å². The summed E-state index contributed by atoms with van der Waals surface area (Å²) >= 11 is 0. The summed E-state index contributed by atoms with van der Waals surface area (Å²) in [5.74, 6) is 2.02. The molecule has 0 amide bonds. The fraction of sp³-hybridized carbons (Fsp3) is 0.667. The van der Waals surface area contributed by atoms with Crippen molar-refractivity contribution in [2.24, 2.45) is 0 Å². The largest absolute Gasteiger partial charge is 0.389 e. The topological polar surface area (TPSA) is 40.5 Å². The quantitative estimate of drug-likeness (QED) is 0.486. The summed E-state index contributed by atoms with van der Waals surface area (Å²) in [6, 6.07) is 0. The molecule has 0 aromatic heterocycles. The SMILES string of the molecule is C#CC(O)C(O)CC. The van der Waals surface area contributed by atoms with Crippen LogP contribution in [0.5, 0.6) is 0 Å². The van der Waals surface area contributed by atoms with E-state index >= 15 is 0 Å². The highest BCUT2D eigenvalue weighted by molar-refractivity contribution is 4.96. The van der Waals surface area contributed by atoms with Gasteiger partial charge in [-0.05, 0) is 6.42 Å². The normalized spacial score (nSPS) is 16.8. The van der Waals surface area contributed by atoms with Crippen molar-refractivity contribution in [3.05, 3.63) is 0 Å². The van der Waals surface area contributed by atoms with Crippen molar-refractivity contribution in [1.82, 2.24) is 0 Å². The zero-order valence-electron chi connectivity index (χ0n) is 4.83. The van der Waals surface area contributed by atoms with Crippen molar-refractivity contribution in [3.8, 4) is 12.3 Å². The zero-order chi connectivity index (χ0) is 6.57. The first-order valence-corrected chi connectivity index (χ1v) is 2.54. The first-order chi connectivity index (χ1) is 3.72. The van der Waals surface area contributed by atoms with Crippen molar-refractivity contribution >= 4 is 0 Å². The highest BCUT2D eigenvalue weighted by atomic mass is 16.3. The van der Waals surface area contributed by atoms with E-state index in [0.29, 0.717) is 6.42 Å². The van der Waals surface area contributed by atoms with Gasteiger partial charge in [0.15, 0.2) is 0 Å². The third kappa shape index (κ3) is 1.97. The Hall–Kier alpha value is -0.520. The molecular weight excluding hydrogens is 104 g/mol. The van der Waals surface area contributed by atoms with Gasteiger partial charge in [0.05, 0.1) is 6.10 Å². The Labute approximate surface area is 49.2 Å². The van der Waals surface area contributed by atoms with Gasteiger partial charge in [0.2, 0.25) is 0 Å². The molecule has 0 fully saturated rings. The van der Waals surface area contributed by atoms with E-state index in [2.05, 4.69) is 0 Å². The minimum absolute atomic E-state index is 0.491. The van der Waals surface area contributed by atoms with E-state index in [-0.39, 0.29) is 0 Å². The maximum Gasteiger partial charge on any atom is 0.140 e. The third-order valence-corrected chi connectivity index (χ3v) is 0.953. The molecule has 2 nitrogen and oxygen atoms in total. The molecule has 0 saturated heterocycles. The van der Waals surface area contributed by atoms with E-state index in [9.17, 15) is 0 Å². The highest BCUT2D eigenvalue weighted by Gasteiger charge is 2.08. The van der Waals surface area contributed by atoms with Crippen LogP contribution >= 0.6 is 0 Å². The second kappa shape index (κ2) is 3.48. The van der Waals surface area contributed by atoms with Gasteiger partial charge in [0.1, 0.15) is 6.10 Å². The van der Waals surface area contributed by atoms with E-state index in [0.717, 1.165) is 0 Å². The molecule has 0 aromatic carbocycles. The van der Waals surface area contributed by atoms with Crippen LogP contribution in [0.1, 0.15) is 13.3 Å². The summed E-state index contributed by atoms with van der Waals surface area (Å²) in [4.78, 5) is 0. The van der Waals surface area contributed by atoms with Crippen LogP contribution in [0.4, 0.5) is 0 Å². The summed E-state index contributed by atoms with van der Waals surface area (Å²) in [6.45, 7) is 1.76. The maximum atomic E-state index is 8.73. The molecule has 2 unspecified atom stereocenters. The smallest absolute Gasteiger partial charge is 0.140 e. The Morgan fingerprint density at radius 3 is 2.25 bits per heavy atom. The second-order valence-electron chi connectivity index (χ2n) is 1.59. The monoisotopic (exact) mass is 114 g/mol. The second-order valence-corrected chi connectivity index (χ2v) is 1.59. The average Bonchev–Trinajstić information content (AvgIpc) is 1.84. The van der Waals surface area contributed by atoms with Crippen LogP contribution in [-0.4, -0.2) is 22.4 Å². The molecule has 0 saturated carbocycles. The number of rotatable bonds is 2. The van der Waals surface area contributed by atoms with Gasteiger partial charge >= 0.3 is 0 Å². The maximum absolute atomic E-state index is 8.73. The molecule has 0 aliphatic rings. The summed E-state index contributed by atoms with van der Waals surface area (Å²) in [6.07, 6.45) is 3.52. The first-order valence-electron chi connectivity index (χ1n) is 2.54. The fourth-order valence-corrected chi connectivity index (χ4v) is 0.334. The number of aliphatic hydroxyl groups is 2. The minimum Gasteiger partial charge on any atom is -0.389 e. The molecule has 2 N–H and O–H groups in total. The summed E-state index contributed by atoms with van der Waals surface area (Å²) < 4.78 is 0. The van der Waals surface area contributed by atoms with Gasteiger partial charge in [0, 0.05) is 0 Å². The van der Waals surface area contributed by atoms with Crippen molar-refractivity contribution in [2.75, 3.05) is 0 Å². The number of hydrogen-bond acceptors (Lipinski definition) is 2. The lowest BCUT2D eigenvalue weighted by molar-refractivity contribution is 0.0522. The molecule has 8 heavy (non-hydrogen) atoms. The Bertz CT molecular complexity index is 93.2. The molecule has 0 aliphatic carbocycles. The Morgan fingerprint density at radius 1 is 1.62 bits per heavy atom. The highest BCUT2D eigenvalue weighted by Crippen LogP contribution is 1.94. The average molecular weight is 114 g/mol. The molecule has 0 aliphatic heterocycles. The Kier molecular flexibility index (Phi) is 3.25. The molecule has 2 atom stereocenters. The standard InChI is InChI=1S/C6H10O2/c1-3-5(7)6(8)4-2/h1,5-8H,4H2,2H3. The summed E-state index contributed by atoms with van der Waals surface area (Å²) in [5, 5.41) is 17.4. The molecule has 0 bridgehead atoms. The molecule has 0 rings (SSSR count). The lowest BCUT2D eigenvalue weighted by atomic mass is 10.2. The van der Waals surface area contributed by atoms with Crippen molar-refractivity contribution < 1.29 is 10.2 Å². The number of hydrogen-bond donors (Lipinski definition) is 2. The van der Waals surface area contributed by atoms with Crippen LogP contribution in [0.25, 0.3) is 0 Å². The fourth-order valence-electron chi connectivity index (χ4n) is 0.334. The third-order valence-electron chi connectivity index (χ3n) is 0.953. The van der Waals surface area contributed by atoms with Gasteiger partial charge in [-0.25, -0.2) is 0 Å². The molecule has 0 spiro atoms. The predicted octanol–water partition coefficient (Wildman–Crippen LogP) is -0.249. The van der Waals surface area contributed by atoms with Gasteiger partial charge in [-0.15, -0.1) is 6.42 Å². The van der Waals surface area contributed by atoms with Crippen molar-refractivity contribution in [1.29, 1.82) is 0 Å². The van der Waals surface area contributed by atoms with Gasteiger partial charge in [-0.3, -0.25) is 0 Å². The summed E-state index contributed by atoms with van der Waals surface area (Å²) in [7, 11) is 0. The molecule has 0 aromatic rings. The molecular formula is C6H10O2. The van der Waals surface area contributed by atoms with Crippen LogP contribution in [0.3, 0.4) is 0 Å². The van der Waals surface area contributed by atoms with E-state index in [1.807, 2.05) is 5.92 Å². The minimum atomic E-state index is -1.00. The lowest BCUT2D eigenvalue weighted by Gasteiger charge is -2.07. The van der Waals surface area contributed by atoms with Crippen LogP contribution < -0.4 is 0 Å². The van der Waals surface area contributed by atoms with Crippen LogP contribution in [0.2, 0.25) is 0 Å². The number of aliphatic hydroxyl groups excluding tert-OH is 2. The summed E-state index contributed by atoms with van der Waals surface area (Å²) in [5.41, 5.74) is 0. The van der Waals surface area contributed by atoms with Gasteiger partial charge < -0.3 is 10.2 Å². The van der Waals surface area contributed by atoms with E-state index in [1.54, 1.807) is 6.92 Å². The Morgan fingerprint density at radius 2 is 2.12 bits per heavy atom. The molecule has 0 radical (unpaired) electrons. The van der Waals surface area contributed by atoms with E-state index < -0.39 is 12.2 Å². The van der Waals surface area contributed by atoms with Crippen LogP contribution in [-0.2, 0) is 0 Å². The van der Waals surface area contributed by atoms with Crippen LogP contribution in [0.15, 0.2) is 0 Å². The van der Waals surface area contributed by atoms with E-state index in [4.69, 9.17) is 16.6 Å². The predicted molar refractivity (Wildman–Crippen MR) is 31.1 cm³/mol. The zero-order valence-corrected chi connectivity index (χ0v) is 4.83. The van der Waals surface area contributed by atoms with Crippen molar-refractivity contribution in [2.45, 2.75) is 25.6 Å². The number of terminal acetylenes is 1.